The van der Waals surface area contributed by atoms with Crippen molar-refractivity contribution in [1.82, 2.24) is 9.58 Å². The van der Waals surface area contributed by atoms with Crippen molar-refractivity contribution in [1.29, 1.82) is 5.26 Å². The van der Waals surface area contributed by atoms with Gasteiger partial charge >= 0.3 is 0 Å². The Kier molecular flexibility index (Phi) is 4.97. The van der Waals surface area contributed by atoms with E-state index >= 15 is 0 Å². The van der Waals surface area contributed by atoms with Crippen molar-refractivity contribution in [2.24, 2.45) is 0 Å². The number of carbonyl (C=O) groups excluding carboxylic acids is 1. The van der Waals surface area contributed by atoms with Crippen LogP contribution in [0.25, 0.3) is 0 Å². The fourth-order valence-corrected chi connectivity index (χ4v) is 4.60. The topological polar surface area (TPSA) is 98.8 Å². The van der Waals surface area contributed by atoms with E-state index in [-0.39, 0.29) is 35.6 Å². The summed E-state index contributed by atoms with van der Waals surface area (Å²) < 4.78 is 35.8. The zero-order valence-corrected chi connectivity index (χ0v) is 17.9. The second kappa shape index (κ2) is 7.88. The smallest absolute Gasteiger partial charge is 0.277 e. The number of hydrogen-bond acceptors (Lipinski definition) is 6. The number of aromatic hydroxyl groups is 1. The molecular weight excluding hydrogens is 446 g/mol. The van der Waals surface area contributed by atoms with Crippen molar-refractivity contribution in [3.05, 3.63) is 92.9 Å². The maximum absolute atomic E-state index is 14.5. The van der Waals surface area contributed by atoms with Crippen LogP contribution in [0.1, 0.15) is 39.6 Å². The van der Waals surface area contributed by atoms with Crippen molar-refractivity contribution < 1.29 is 23.4 Å². The first-order valence-electron chi connectivity index (χ1n) is 10.4. The lowest BCUT2D eigenvalue weighted by Gasteiger charge is -2.50. The second-order valence-corrected chi connectivity index (χ2v) is 8.04. The number of nitrogens with zero attached hydrogens (tertiary/aromatic N) is 4. The van der Waals surface area contributed by atoms with Crippen LogP contribution in [-0.2, 0) is 0 Å². The summed E-state index contributed by atoms with van der Waals surface area (Å²) in [4.78, 5) is 26.6. The van der Waals surface area contributed by atoms with Gasteiger partial charge in [0, 0.05) is 37.4 Å². The number of pyridine rings is 1. The Bertz CT molecular complexity index is 1430. The standard InChI is InChI=1S/C24H18F2N4O4/c1-28-20-7-9-34-19-11-17(26)16(25)10-15(19)21(14-5-3-2-4-13(14)12-27)30(20)29-8-6-18(31)23(32)22(29)24(28)33/h2-6,8,10-11,20-21,32H,7,9H2,1H3/t20-,21+/m0/s1. The van der Waals surface area contributed by atoms with Gasteiger partial charge in [0.25, 0.3) is 5.91 Å². The molecule has 172 valence electrons. The molecule has 0 bridgehead atoms. The van der Waals surface area contributed by atoms with Gasteiger partial charge in [-0.1, -0.05) is 18.2 Å². The molecule has 0 saturated carbocycles. The normalized spacial score (nSPS) is 19.2. The molecule has 0 aliphatic carbocycles. The summed E-state index contributed by atoms with van der Waals surface area (Å²) >= 11 is 0. The molecule has 8 nitrogen and oxygen atoms in total. The highest BCUT2D eigenvalue weighted by Gasteiger charge is 2.44. The van der Waals surface area contributed by atoms with Crippen LogP contribution >= 0.6 is 0 Å². The molecule has 1 amide bonds. The SMILES string of the molecule is CN1C(=O)c2c(O)c(=O)ccn2N2[C@H](c3ccccc3C#N)c3cc(F)c(F)cc3OCC[C@@H]12. The number of hydrogen-bond donors (Lipinski definition) is 1. The van der Waals surface area contributed by atoms with Crippen LogP contribution in [0.5, 0.6) is 11.5 Å². The molecule has 1 N–H and O–H groups in total. The van der Waals surface area contributed by atoms with Crippen molar-refractivity contribution in [3.63, 3.8) is 0 Å². The number of nitriles is 1. The van der Waals surface area contributed by atoms with E-state index in [0.717, 1.165) is 18.2 Å². The van der Waals surface area contributed by atoms with E-state index < -0.39 is 40.9 Å². The van der Waals surface area contributed by atoms with Gasteiger partial charge < -0.3 is 14.7 Å². The molecule has 0 spiro atoms. The minimum Gasteiger partial charge on any atom is -0.502 e. The van der Waals surface area contributed by atoms with Gasteiger partial charge in [-0.25, -0.2) is 8.78 Å². The maximum atomic E-state index is 14.5. The zero-order valence-electron chi connectivity index (χ0n) is 17.9. The van der Waals surface area contributed by atoms with Crippen molar-refractivity contribution in [2.45, 2.75) is 18.6 Å². The summed E-state index contributed by atoms with van der Waals surface area (Å²) in [5, 5.41) is 22.0. The molecule has 10 heteroatoms. The van der Waals surface area contributed by atoms with E-state index in [1.807, 2.05) is 0 Å². The summed E-state index contributed by atoms with van der Waals surface area (Å²) in [7, 11) is 1.52. The highest BCUT2D eigenvalue weighted by atomic mass is 19.2. The summed E-state index contributed by atoms with van der Waals surface area (Å²) in [5.74, 6) is -3.43. The van der Waals surface area contributed by atoms with Crippen LogP contribution in [0, 0.1) is 23.0 Å². The average molecular weight is 464 g/mol. The number of fused-ring (bicyclic) bond motifs is 4. The number of ether oxygens (including phenoxy) is 1. The number of amides is 1. The molecule has 0 fully saturated rings. The largest absolute Gasteiger partial charge is 0.502 e. The molecule has 5 rings (SSSR count). The molecule has 34 heavy (non-hydrogen) atoms. The lowest BCUT2D eigenvalue weighted by molar-refractivity contribution is 0.0573. The first-order chi connectivity index (χ1) is 16.3. The Morgan fingerprint density at radius 2 is 1.85 bits per heavy atom. The van der Waals surface area contributed by atoms with Gasteiger partial charge in [0.05, 0.1) is 18.2 Å². The Morgan fingerprint density at radius 3 is 2.62 bits per heavy atom. The zero-order chi connectivity index (χ0) is 24.1. The summed E-state index contributed by atoms with van der Waals surface area (Å²) in [6.07, 6.45) is 0.942. The Hall–Kier alpha value is -4.39. The van der Waals surface area contributed by atoms with Crippen molar-refractivity contribution >= 4 is 5.91 Å². The fraction of sp³-hybridized carbons (Fsp3) is 0.208. The Balaban J connectivity index is 1.89. The lowest BCUT2D eigenvalue weighted by Crippen LogP contribution is -2.62. The number of carbonyl (C=O) groups is 1. The predicted octanol–water partition coefficient (Wildman–Crippen LogP) is 2.63. The number of benzene rings is 2. The van der Waals surface area contributed by atoms with Gasteiger partial charge in [0.15, 0.2) is 23.1 Å². The van der Waals surface area contributed by atoms with Crippen molar-refractivity contribution in [3.8, 4) is 17.6 Å². The van der Waals surface area contributed by atoms with E-state index in [4.69, 9.17) is 4.74 Å². The molecule has 2 aromatic carbocycles. The molecule has 3 heterocycles. The molecule has 2 aliphatic heterocycles. The molecule has 0 radical (unpaired) electrons. The van der Waals surface area contributed by atoms with Gasteiger partial charge in [0.2, 0.25) is 5.43 Å². The number of halogens is 2. The van der Waals surface area contributed by atoms with E-state index in [0.29, 0.717) is 5.56 Å². The van der Waals surface area contributed by atoms with E-state index in [9.17, 15) is 28.7 Å². The molecule has 2 aliphatic rings. The monoisotopic (exact) mass is 464 g/mol. The molecule has 1 aromatic heterocycles. The van der Waals surface area contributed by atoms with Gasteiger partial charge in [-0.05, 0) is 17.7 Å². The molecule has 0 saturated heterocycles. The Morgan fingerprint density at radius 1 is 1.12 bits per heavy atom. The average Bonchev–Trinajstić information content (AvgIpc) is 2.82. The highest BCUT2D eigenvalue weighted by Crippen LogP contribution is 2.42. The third kappa shape index (κ3) is 3.08. The van der Waals surface area contributed by atoms with Crippen LogP contribution in [-0.4, -0.2) is 40.4 Å². The third-order valence-electron chi connectivity index (χ3n) is 6.20. The third-order valence-corrected chi connectivity index (χ3v) is 6.20. The number of rotatable bonds is 1. The molecule has 2 atom stereocenters. The van der Waals surface area contributed by atoms with Gasteiger partial charge in [0.1, 0.15) is 18.0 Å². The van der Waals surface area contributed by atoms with E-state index in [1.165, 1.54) is 22.8 Å². The Labute approximate surface area is 192 Å². The molecule has 3 aromatic rings. The van der Waals surface area contributed by atoms with Crippen molar-refractivity contribution in [2.75, 3.05) is 18.7 Å². The van der Waals surface area contributed by atoms with Crippen LogP contribution in [0.15, 0.2) is 53.5 Å². The minimum atomic E-state index is -1.11. The second-order valence-electron chi connectivity index (χ2n) is 8.04. The lowest BCUT2D eigenvalue weighted by atomic mass is 9.92. The number of aromatic nitrogens is 1. The van der Waals surface area contributed by atoms with Gasteiger partial charge in [-0.15, -0.1) is 0 Å². The first-order valence-corrected chi connectivity index (χ1v) is 10.4. The van der Waals surface area contributed by atoms with E-state index in [2.05, 4.69) is 6.07 Å². The van der Waals surface area contributed by atoms with Gasteiger partial charge in [-0.3, -0.25) is 19.3 Å². The summed E-state index contributed by atoms with van der Waals surface area (Å²) in [5.41, 5.74) is -0.0626. The highest BCUT2D eigenvalue weighted by molar-refractivity contribution is 5.96. The first kappa shape index (κ1) is 21.5. The quantitative estimate of drug-likeness (QED) is 0.595. The van der Waals surface area contributed by atoms with Crippen LogP contribution < -0.4 is 15.2 Å². The maximum Gasteiger partial charge on any atom is 0.277 e. The summed E-state index contributed by atoms with van der Waals surface area (Å²) in [6.45, 7) is 0.0744. The van der Waals surface area contributed by atoms with Crippen LogP contribution in [0.4, 0.5) is 8.78 Å². The fourth-order valence-electron chi connectivity index (χ4n) is 4.60. The predicted molar refractivity (Wildman–Crippen MR) is 116 cm³/mol. The van der Waals surface area contributed by atoms with Crippen LogP contribution in [0.2, 0.25) is 0 Å². The summed E-state index contributed by atoms with van der Waals surface area (Å²) in [6, 6.07) is 10.9. The minimum absolute atomic E-state index is 0.0744. The van der Waals surface area contributed by atoms with E-state index in [1.54, 1.807) is 29.3 Å². The van der Waals surface area contributed by atoms with Crippen LogP contribution in [0.3, 0.4) is 0 Å². The van der Waals surface area contributed by atoms with Gasteiger partial charge in [-0.2, -0.15) is 5.26 Å². The molecule has 0 unspecified atom stereocenters. The molecular formula is C24H18F2N4O4.